The number of nitrogens with two attached hydrogens (primary N) is 3. The molecule has 2 saturated heterocycles. The first-order valence-electron chi connectivity index (χ1n) is 11.1. The number of imide groups is 1. The highest BCUT2D eigenvalue weighted by molar-refractivity contribution is 6.02. The van der Waals surface area contributed by atoms with Gasteiger partial charge in [-0.1, -0.05) is 0 Å². The molecule has 14 nitrogen and oxygen atoms in total. The van der Waals surface area contributed by atoms with E-state index in [1.165, 1.54) is 11.0 Å². The van der Waals surface area contributed by atoms with Gasteiger partial charge in [-0.15, -0.1) is 0 Å². The van der Waals surface area contributed by atoms with Gasteiger partial charge < -0.3 is 42.9 Å². The number of nitrogens with one attached hydrogen (secondary N) is 2. The lowest BCUT2D eigenvalue weighted by Crippen LogP contribution is -2.78. The minimum Gasteiger partial charge on any atom is -0.399 e. The van der Waals surface area contributed by atoms with Crippen molar-refractivity contribution in [3.8, 4) is 0 Å². The Morgan fingerprint density at radius 1 is 1.20 bits per heavy atom. The minimum absolute atomic E-state index is 0.0738. The zero-order chi connectivity index (χ0) is 25.3. The molecule has 0 aliphatic carbocycles. The summed E-state index contributed by atoms with van der Waals surface area (Å²) in [5.41, 5.74) is 17.7. The van der Waals surface area contributed by atoms with Gasteiger partial charge in [0.15, 0.2) is 17.6 Å². The number of hydrogen-bond donors (Lipinski definition) is 7. The number of likely N-dealkylation sites (tertiary alicyclic amines) is 1. The normalized spacial score (nSPS) is 31.0. The molecule has 1 spiro atoms. The number of aliphatic hydroxyl groups is 2. The molecule has 14 heteroatoms. The molecule has 0 radical (unpaired) electrons. The summed E-state index contributed by atoms with van der Waals surface area (Å²) >= 11 is 0. The highest BCUT2D eigenvalue weighted by atomic mass is 16.5. The molecule has 2 fully saturated rings. The molecular weight excluding hydrogens is 458 g/mol. The Morgan fingerprint density at radius 2 is 1.89 bits per heavy atom. The molecule has 35 heavy (non-hydrogen) atoms. The van der Waals surface area contributed by atoms with Gasteiger partial charge in [0.1, 0.15) is 12.1 Å². The van der Waals surface area contributed by atoms with Crippen molar-refractivity contribution < 1.29 is 24.6 Å². The van der Waals surface area contributed by atoms with Crippen LogP contribution in [0.5, 0.6) is 0 Å². The summed E-state index contributed by atoms with van der Waals surface area (Å²) in [7, 11) is 0. The van der Waals surface area contributed by atoms with Gasteiger partial charge in [0.05, 0.1) is 12.6 Å². The number of nitrogen functional groups attached to an aromatic ring is 1. The highest BCUT2D eigenvalue weighted by Crippen LogP contribution is 2.45. The van der Waals surface area contributed by atoms with E-state index in [0.29, 0.717) is 11.3 Å². The van der Waals surface area contributed by atoms with Crippen LogP contribution in [0.2, 0.25) is 0 Å². The molecule has 0 aromatic heterocycles. The molecule has 4 aliphatic rings. The SMILES string of the molecule is Cc1cc(C(=O)NC2CN3C(N)=N[C@@H](CN4C(=O)CCC4=O)[C@@H]4N=C(N)N[C@@]43C2(O)O)ccc1N. The summed E-state index contributed by atoms with van der Waals surface area (Å²) in [6.07, 6.45) is 0.192. The number of amides is 3. The summed E-state index contributed by atoms with van der Waals surface area (Å²) in [4.78, 5) is 48.5. The number of nitrogens with zero attached hydrogens (tertiary/aromatic N) is 4. The van der Waals surface area contributed by atoms with Crippen LogP contribution in [-0.4, -0.2) is 92.3 Å². The van der Waals surface area contributed by atoms with E-state index in [-0.39, 0.29) is 55.2 Å². The third kappa shape index (κ3) is 3.20. The maximum absolute atomic E-state index is 13.0. The maximum Gasteiger partial charge on any atom is 0.251 e. The van der Waals surface area contributed by atoms with Crippen LogP contribution in [0.1, 0.15) is 28.8 Å². The lowest BCUT2D eigenvalue weighted by Gasteiger charge is -2.49. The largest absolute Gasteiger partial charge is 0.399 e. The molecule has 4 heterocycles. The smallest absolute Gasteiger partial charge is 0.251 e. The fraction of sp³-hybridized carbons (Fsp3) is 0.476. The van der Waals surface area contributed by atoms with Crippen LogP contribution in [0, 0.1) is 6.92 Å². The lowest BCUT2D eigenvalue weighted by atomic mass is 9.84. The molecule has 186 valence electrons. The predicted octanol–water partition coefficient (Wildman–Crippen LogP) is -3.50. The van der Waals surface area contributed by atoms with Gasteiger partial charge in [0.2, 0.25) is 17.6 Å². The third-order valence-corrected chi connectivity index (χ3v) is 7.16. The monoisotopic (exact) mass is 485 g/mol. The third-order valence-electron chi connectivity index (χ3n) is 7.16. The fourth-order valence-corrected chi connectivity index (χ4v) is 5.31. The van der Waals surface area contributed by atoms with Crippen molar-refractivity contribution in [2.75, 3.05) is 18.8 Å². The standard InChI is InChI=1S/C21H27N9O5/c1-9-6-10(2-3-11(9)22)17(33)26-13-8-30-19(24)25-12(7-29-14(31)4-5-15(29)32)16-20(30,21(13,34)35)28-18(23)27-16/h2-3,6,12-13,16,34-35H,4-5,7-8,22H2,1H3,(H2,24,25)(H,26,33)(H3,23,27,28)/t12-,13?,16-,20-/m0/s1. The van der Waals surface area contributed by atoms with Gasteiger partial charge in [0, 0.05) is 30.6 Å². The molecule has 4 aliphatic heterocycles. The van der Waals surface area contributed by atoms with Crippen molar-refractivity contribution in [2.24, 2.45) is 21.5 Å². The maximum atomic E-state index is 13.0. The van der Waals surface area contributed by atoms with Gasteiger partial charge in [0.25, 0.3) is 5.91 Å². The van der Waals surface area contributed by atoms with E-state index in [1.807, 2.05) is 0 Å². The van der Waals surface area contributed by atoms with Crippen LogP contribution >= 0.6 is 0 Å². The van der Waals surface area contributed by atoms with Crippen LogP contribution in [0.3, 0.4) is 0 Å². The molecule has 3 amide bonds. The van der Waals surface area contributed by atoms with Crippen molar-refractivity contribution in [2.45, 2.75) is 49.3 Å². The molecule has 0 saturated carbocycles. The van der Waals surface area contributed by atoms with Crippen molar-refractivity contribution in [1.29, 1.82) is 0 Å². The molecule has 1 aromatic rings. The van der Waals surface area contributed by atoms with Crippen LogP contribution in [0.4, 0.5) is 5.69 Å². The molecule has 10 N–H and O–H groups in total. The number of carbonyl (C=O) groups is 3. The number of aliphatic imine (C=N–C) groups is 2. The second-order valence-electron chi connectivity index (χ2n) is 9.24. The van der Waals surface area contributed by atoms with E-state index in [4.69, 9.17) is 17.2 Å². The molecule has 0 bridgehead atoms. The van der Waals surface area contributed by atoms with Gasteiger partial charge in [-0.25, -0.2) is 9.98 Å². The molecular formula is C21H27N9O5. The Balaban J connectivity index is 1.46. The zero-order valence-corrected chi connectivity index (χ0v) is 18.9. The van der Waals surface area contributed by atoms with Gasteiger partial charge in [-0.3, -0.25) is 19.3 Å². The van der Waals surface area contributed by atoms with Crippen molar-refractivity contribution in [3.05, 3.63) is 29.3 Å². The summed E-state index contributed by atoms with van der Waals surface area (Å²) < 4.78 is 0. The minimum atomic E-state index is -2.63. The lowest BCUT2D eigenvalue weighted by molar-refractivity contribution is -0.230. The van der Waals surface area contributed by atoms with Gasteiger partial charge in [-0.2, -0.15) is 0 Å². The van der Waals surface area contributed by atoms with E-state index in [9.17, 15) is 24.6 Å². The quantitative estimate of drug-likeness (QED) is 0.126. The number of rotatable bonds is 4. The average Bonchev–Trinajstić information content (AvgIpc) is 3.38. The first kappa shape index (κ1) is 22.9. The number of hydrogen-bond acceptors (Lipinski definition) is 12. The molecule has 1 aromatic carbocycles. The summed E-state index contributed by atoms with van der Waals surface area (Å²) in [5, 5.41) is 28.4. The summed E-state index contributed by atoms with van der Waals surface area (Å²) in [6.45, 7) is 1.49. The number of benzene rings is 1. The number of guanidine groups is 2. The van der Waals surface area contributed by atoms with Crippen molar-refractivity contribution in [3.63, 3.8) is 0 Å². The molecule has 4 atom stereocenters. The second-order valence-corrected chi connectivity index (χ2v) is 9.24. The number of aryl methyl sites for hydroxylation is 1. The van der Waals surface area contributed by atoms with E-state index in [2.05, 4.69) is 20.6 Å². The van der Waals surface area contributed by atoms with Crippen molar-refractivity contribution in [1.82, 2.24) is 20.4 Å². The van der Waals surface area contributed by atoms with Crippen LogP contribution in [-0.2, 0) is 9.59 Å². The Hall–Kier alpha value is -3.91. The van der Waals surface area contributed by atoms with E-state index < -0.39 is 35.5 Å². The summed E-state index contributed by atoms with van der Waals surface area (Å²) in [6, 6.07) is 1.57. The average molecular weight is 486 g/mol. The van der Waals surface area contributed by atoms with Crippen LogP contribution in [0.15, 0.2) is 28.2 Å². The second kappa shape index (κ2) is 7.55. The van der Waals surface area contributed by atoms with E-state index >= 15 is 0 Å². The van der Waals surface area contributed by atoms with Crippen molar-refractivity contribution >= 4 is 35.3 Å². The van der Waals surface area contributed by atoms with Gasteiger partial charge >= 0.3 is 0 Å². The number of carbonyl (C=O) groups excluding carboxylic acids is 3. The topological polar surface area (TPSA) is 225 Å². The molecule has 5 rings (SSSR count). The fourth-order valence-electron chi connectivity index (χ4n) is 5.31. The Kier molecular flexibility index (Phi) is 4.93. The Labute approximate surface area is 199 Å². The first-order chi connectivity index (χ1) is 16.5. The first-order valence-corrected chi connectivity index (χ1v) is 11.1. The predicted molar refractivity (Wildman–Crippen MR) is 123 cm³/mol. The highest BCUT2D eigenvalue weighted by Gasteiger charge is 2.73. The Bertz CT molecular complexity index is 1180. The number of anilines is 1. The van der Waals surface area contributed by atoms with Crippen LogP contribution in [0.25, 0.3) is 0 Å². The van der Waals surface area contributed by atoms with E-state index in [1.54, 1.807) is 19.1 Å². The Morgan fingerprint density at radius 3 is 2.54 bits per heavy atom. The van der Waals surface area contributed by atoms with E-state index in [0.717, 1.165) is 4.90 Å². The molecule has 1 unspecified atom stereocenters. The van der Waals surface area contributed by atoms with Crippen LogP contribution < -0.4 is 27.8 Å². The summed E-state index contributed by atoms with van der Waals surface area (Å²) in [5.74, 6) is -4.04. The zero-order valence-electron chi connectivity index (χ0n) is 18.9. The van der Waals surface area contributed by atoms with Gasteiger partial charge in [-0.05, 0) is 30.7 Å².